The van der Waals surface area contributed by atoms with E-state index in [2.05, 4.69) is 12.6 Å². The molecule has 3 aromatic carbocycles. The van der Waals surface area contributed by atoms with E-state index in [9.17, 15) is 28.8 Å². The lowest BCUT2D eigenvalue weighted by Gasteiger charge is -2.30. The zero-order chi connectivity index (χ0) is 45.8. The number of rotatable bonds is 13. The van der Waals surface area contributed by atoms with E-state index in [1.165, 1.54) is 24.3 Å². The van der Waals surface area contributed by atoms with E-state index in [0.29, 0.717) is 110 Å². The van der Waals surface area contributed by atoms with Gasteiger partial charge in [0.25, 0.3) is 0 Å². The summed E-state index contributed by atoms with van der Waals surface area (Å²) in [5.74, 6) is -1.78. The molecule has 5 aromatic rings. The molecule has 2 heterocycles. The van der Waals surface area contributed by atoms with E-state index < -0.39 is 17.9 Å². The first-order valence-corrected chi connectivity index (χ1v) is 23.3. The number of ketones is 1. The van der Waals surface area contributed by atoms with Gasteiger partial charge >= 0.3 is 29.8 Å². The van der Waals surface area contributed by atoms with Crippen LogP contribution in [0.2, 0.25) is 0 Å². The summed E-state index contributed by atoms with van der Waals surface area (Å²) in [4.78, 5) is 81.3. The van der Waals surface area contributed by atoms with Crippen LogP contribution in [0.3, 0.4) is 0 Å². The lowest BCUT2D eigenvalue weighted by atomic mass is 9.82. The van der Waals surface area contributed by atoms with E-state index in [0.717, 1.165) is 27.7 Å². The number of carbonyl (C=O) groups is 6. The Labute approximate surface area is 380 Å². The first-order chi connectivity index (χ1) is 31.3. The molecular formula is C51H53NO12S. The Morgan fingerprint density at radius 2 is 1.22 bits per heavy atom. The summed E-state index contributed by atoms with van der Waals surface area (Å²) in [5, 5.41) is 1.49. The van der Waals surface area contributed by atoms with Crippen molar-refractivity contribution >= 4 is 68.2 Å². The van der Waals surface area contributed by atoms with Crippen LogP contribution in [0.15, 0.2) is 71.7 Å². The van der Waals surface area contributed by atoms with Gasteiger partial charge in [-0.1, -0.05) is 24.8 Å². The van der Waals surface area contributed by atoms with Crippen molar-refractivity contribution in [2.75, 3.05) is 0 Å². The van der Waals surface area contributed by atoms with Gasteiger partial charge in [-0.3, -0.25) is 28.8 Å². The molecule has 0 aliphatic heterocycles. The van der Waals surface area contributed by atoms with Crippen molar-refractivity contribution in [2.45, 2.75) is 116 Å². The van der Waals surface area contributed by atoms with Gasteiger partial charge in [-0.2, -0.15) is 0 Å². The summed E-state index contributed by atoms with van der Waals surface area (Å²) in [6, 6.07) is 16.1. The molecule has 0 N–H and O–H groups in total. The number of thiazole rings is 1. The number of hydrogen-bond acceptors (Lipinski definition) is 14. The molecule has 13 nitrogen and oxygen atoms in total. The normalized spacial score (nSPS) is 22.1. The third-order valence-corrected chi connectivity index (χ3v) is 13.9. The Bertz CT molecular complexity index is 2620. The standard InChI is InChI=1S/C51H53NO12S/c1-5-36(54)26-31-6-16-38(17-7-31)60-48(55)32-8-10-33(11-9-32)49(56)61-39-20-14-35(15-21-39)51(58)64-42-23-22-41(63-50(57)34-12-18-37(19-13-34)59-30(4)53)45-46(42)65-47(52-45)44-27-40-29(3)24-28(2)25-43(40)62-44/h5-7,16-17,22-25,27,32-35,37,39H,1,8-15,18-21,26H2,2-4H3. The van der Waals surface area contributed by atoms with Crippen molar-refractivity contribution in [3.8, 4) is 28.0 Å². The largest absolute Gasteiger partial charge is 0.463 e. The molecule has 3 aliphatic rings. The molecule has 65 heavy (non-hydrogen) atoms. The Balaban J connectivity index is 0.868. The molecule has 0 amide bonds. The van der Waals surface area contributed by atoms with Gasteiger partial charge in [0, 0.05) is 18.7 Å². The zero-order valence-corrected chi connectivity index (χ0v) is 37.7. The molecule has 0 saturated heterocycles. The summed E-state index contributed by atoms with van der Waals surface area (Å²) in [5.41, 5.74) is 4.04. The predicted octanol–water partition coefficient (Wildman–Crippen LogP) is 10.1. The quantitative estimate of drug-likeness (QED) is 0.0621. The minimum absolute atomic E-state index is 0.0895. The highest BCUT2D eigenvalue weighted by Crippen LogP contribution is 2.43. The first-order valence-electron chi connectivity index (χ1n) is 22.5. The number of aromatic nitrogens is 1. The van der Waals surface area contributed by atoms with Crippen LogP contribution in [0, 0.1) is 37.5 Å². The van der Waals surface area contributed by atoms with Crippen LogP contribution in [0.1, 0.15) is 101 Å². The average molecular weight is 904 g/mol. The smallest absolute Gasteiger partial charge is 0.314 e. The van der Waals surface area contributed by atoms with Gasteiger partial charge in [0.2, 0.25) is 0 Å². The number of nitrogens with zero attached hydrogens (tertiary/aromatic N) is 1. The van der Waals surface area contributed by atoms with Crippen LogP contribution in [-0.4, -0.2) is 52.8 Å². The van der Waals surface area contributed by atoms with Crippen molar-refractivity contribution in [1.29, 1.82) is 0 Å². The van der Waals surface area contributed by atoms with E-state index in [-0.39, 0.29) is 65.8 Å². The molecule has 3 fully saturated rings. The lowest BCUT2D eigenvalue weighted by Crippen LogP contribution is -2.33. The molecule has 0 spiro atoms. The van der Waals surface area contributed by atoms with Crippen molar-refractivity contribution in [3.63, 3.8) is 0 Å². The average Bonchev–Trinajstić information content (AvgIpc) is 3.94. The number of esters is 5. The number of aryl methyl sites for hydroxylation is 2. The zero-order valence-electron chi connectivity index (χ0n) is 36.9. The third kappa shape index (κ3) is 10.9. The van der Waals surface area contributed by atoms with Crippen molar-refractivity contribution in [3.05, 3.63) is 83.9 Å². The summed E-state index contributed by atoms with van der Waals surface area (Å²) < 4.78 is 35.8. The highest BCUT2D eigenvalue weighted by atomic mass is 32.1. The predicted molar refractivity (Wildman–Crippen MR) is 241 cm³/mol. The fraction of sp³-hybridized carbons (Fsp3) is 0.431. The number of carbonyl (C=O) groups excluding carboxylic acids is 6. The molecule has 3 saturated carbocycles. The van der Waals surface area contributed by atoms with Crippen LogP contribution < -0.4 is 14.2 Å². The summed E-state index contributed by atoms with van der Waals surface area (Å²) in [6.07, 6.45) is 7.21. The Kier molecular flexibility index (Phi) is 13.9. The Morgan fingerprint density at radius 3 is 1.82 bits per heavy atom. The van der Waals surface area contributed by atoms with Gasteiger partial charge in [-0.25, -0.2) is 4.98 Å². The topological polar surface area (TPSA) is 175 Å². The van der Waals surface area contributed by atoms with E-state index in [4.69, 9.17) is 33.1 Å². The van der Waals surface area contributed by atoms with Gasteiger partial charge in [0.1, 0.15) is 33.8 Å². The highest BCUT2D eigenvalue weighted by molar-refractivity contribution is 7.22. The van der Waals surface area contributed by atoms with E-state index >= 15 is 0 Å². The van der Waals surface area contributed by atoms with Gasteiger partial charge in [-0.15, -0.1) is 11.3 Å². The fourth-order valence-electron chi connectivity index (χ4n) is 9.25. The van der Waals surface area contributed by atoms with Crippen molar-refractivity contribution in [2.24, 2.45) is 23.7 Å². The first kappa shape index (κ1) is 45.4. The number of ether oxygens (including phenoxy) is 5. The fourth-order valence-corrected chi connectivity index (χ4v) is 10.2. The van der Waals surface area contributed by atoms with Crippen LogP contribution >= 0.6 is 11.3 Å². The van der Waals surface area contributed by atoms with Gasteiger partial charge in [-0.05, 0) is 150 Å². The molecule has 8 rings (SSSR count). The van der Waals surface area contributed by atoms with E-state index in [1.807, 2.05) is 26.0 Å². The van der Waals surface area contributed by atoms with Crippen molar-refractivity contribution < 1.29 is 56.9 Å². The Hall–Kier alpha value is -6.15. The molecule has 340 valence electrons. The number of benzene rings is 3. The summed E-state index contributed by atoms with van der Waals surface area (Å²) >= 11 is 1.28. The van der Waals surface area contributed by atoms with Crippen LogP contribution in [-0.2, 0) is 44.7 Å². The number of furan rings is 1. The summed E-state index contributed by atoms with van der Waals surface area (Å²) in [7, 11) is 0. The maximum atomic E-state index is 13.7. The molecule has 0 bridgehead atoms. The molecule has 0 radical (unpaired) electrons. The van der Waals surface area contributed by atoms with Gasteiger partial charge < -0.3 is 28.1 Å². The minimum atomic E-state index is -0.416. The van der Waals surface area contributed by atoms with Crippen molar-refractivity contribution in [1.82, 2.24) is 4.98 Å². The second-order valence-corrected chi connectivity index (χ2v) is 18.7. The Morgan fingerprint density at radius 1 is 0.677 bits per heavy atom. The van der Waals surface area contributed by atoms with Crippen LogP contribution in [0.4, 0.5) is 0 Å². The maximum Gasteiger partial charge on any atom is 0.314 e. The highest BCUT2D eigenvalue weighted by Gasteiger charge is 2.36. The SMILES string of the molecule is C=CC(=O)Cc1ccc(OC(=O)C2CCC(C(=O)OC3CCC(C(=O)Oc4ccc(OC(=O)C5CCC(OC(C)=O)CC5)c5nc(-c6cc7c(C)cc(C)cc7o6)sc45)CC3)CC2)cc1. The van der Waals surface area contributed by atoms with Crippen LogP contribution in [0.5, 0.6) is 17.2 Å². The third-order valence-electron chi connectivity index (χ3n) is 12.9. The lowest BCUT2D eigenvalue weighted by molar-refractivity contribution is -0.159. The molecule has 0 atom stereocenters. The van der Waals surface area contributed by atoms with Gasteiger partial charge in [0.05, 0.1) is 23.7 Å². The number of allylic oxidation sites excluding steroid dienone is 1. The minimum Gasteiger partial charge on any atom is -0.463 e. The monoisotopic (exact) mass is 903 g/mol. The molecular weight excluding hydrogens is 851 g/mol. The van der Waals surface area contributed by atoms with E-state index in [1.54, 1.807) is 36.4 Å². The summed E-state index contributed by atoms with van der Waals surface area (Å²) in [6.45, 7) is 8.90. The number of fused-ring (bicyclic) bond motifs is 2. The maximum absolute atomic E-state index is 13.7. The molecule has 0 unspecified atom stereocenters. The molecule has 3 aliphatic carbocycles. The molecule has 14 heteroatoms. The van der Waals surface area contributed by atoms with Crippen LogP contribution in [0.25, 0.3) is 32.0 Å². The second-order valence-electron chi connectivity index (χ2n) is 17.7. The molecule has 2 aromatic heterocycles. The van der Waals surface area contributed by atoms with Gasteiger partial charge in [0.15, 0.2) is 28.1 Å². The second kappa shape index (κ2) is 19.9. The number of hydrogen-bond donors (Lipinski definition) is 0.